The number of likely N-dealkylation sites (N-methyl/N-ethyl adjacent to an activating group) is 1. The largest absolute Gasteiger partial charge is 0.370 e. The van der Waals surface area contributed by atoms with Crippen LogP contribution >= 0.6 is 0 Å². The summed E-state index contributed by atoms with van der Waals surface area (Å²) in [5.41, 5.74) is 9.79. The molecule has 0 saturated heterocycles. The molecular formula is C13H22N2. The second kappa shape index (κ2) is 5.17. The summed E-state index contributed by atoms with van der Waals surface area (Å²) in [6, 6.07) is 6.87. The molecule has 0 fully saturated rings. The van der Waals surface area contributed by atoms with Gasteiger partial charge in [0.25, 0.3) is 0 Å². The molecule has 0 spiro atoms. The average Bonchev–Trinajstić information content (AvgIpc) is 2.26. The summed E-state index contributed by atoms with van der Waals surface area (Å²) < 4.78 is 0. The lowest BCUT2D eigenvalue weighted by Gasteiger charge is -2.29. The van der Waals surface area contributed by atoms with E-state index in [1.54, 1.807) is 0 Å². The van der Waals surface area contributed by atoms with Gasteiger partial charge in [0.05, 0.1) is 0 Å². The van der Waals surface area contributed by atoms with Gasteiger partial charge in [-0.15, -0.1) is 0 Å². The van der Waals surface area contributed by atoms with Crippen molar-refractivity contribution >= 4 is 5.69 Å². The summed E-state index contributed by atoms with van der Waals surface area (Å²) in [5.74, 6) is 0. The van der Waals surface area contributed by atoms with Crippen LogP contribution in [0.1, 0.15) is 25.0 Å². The number of hydrogen-bond donors (Lipinski definition) is 1. The lowest BCUT2D eigenvalue weighted by atomic mass is 10.0. The van der Waals surface area contributed by atoms with Gasteiger partial charge in [0, 0.05) is 25.3 Å². The first-order chi connectivity index (χ1) is 7.11. The average molecular weight is 206 g/mol. The van der Waals surface area contributed by atoms with Gasteiger partial charge in [-0.25, -0.2) is 0 Å². The monoisotopic (exact) mass is 206 g/mol. The lowest BCUT2D eigenvalue weighted by molar-refractivity contribution is 0.691. The third-order valence-corrected chi connectivity index (χ3v) is 3.06. The Morgan fingerprint density at radius 1 is 1.40 bits per heavy atom. The molecule has 1 aromatic carbocycles. The van der Waals surface area contributed by atoms with Crippen molar-refractivity contribution in [2.75, 3.05) is 18.5 Å². The molecule has 84 valence electrons. The summed E-state index contributed by atoms with van der Waals surface area (Å²) in [4.78, 5) is 2.29. The lowest BCUT2D eigenvalue weighted by Crippen LogP contribution is -2.36. The predicted octanol–water partition coefficient (Wildman–Crippen LogP) is 2.34. The highest BCUT2D eigenvalue weighted by atomic mass is 15.1. The van der Waals surface area contributed by atoms with Gasteiger partial charge in [-0.05, 0) is 31.4 Å². The van der Waals surface area contributed by atoms with Crippen molar-refractivity contribution in [2.24, 2.45) is 5.73 Å². The number of nitrogens with zero attached hydrogens (tertiary/aromatic N) is 1. The second-order valence-electron chi connectivity index (χ2n) is 4.13. The van der Waals surface area contributed by atoms with E-state index < -0.39 is 0 Å². The van der Waals surface area contributed by atoms with Crippen LogP contribution in [0, 0.1) is 6.92 Å². The van der Waals surface area contributed by atoms with E-state index in [0.29, 0.717) is 12.6 Å². The van der Waals surface area contributed by atoms with E-state index >= 15 is 0 Å². The molecule has 0 bridgehead atoms. The zero-order valence-corrected chi connectivity index (χ0v) is 10.2. The first-order valence-electron chi connectivity index (χ1n) is 5.63. The van der Waals surface area contributed by atoms with Crippen LogP contribution in [0.25, 0.3) is 0 Å². The molecule has 1 atom stereocenters. The molecule has 1 unspecified atom stereocenters. The maximum Gasteiger partial charge on any atom is 0.0428 e. The van der Waals surface area contributed by atoms with E-state index in [1.807, 2.05) is 0 Å². The minimum absolute atomic E-state index is 0.386. The Balaban J connectivity index is 3.10. The summed E-state index contributed by atoms with van der Waals surface area (Å²) in [6.45, 7) is 7.20. The van der Waals surface area contributed by atoms with Crippen LogP contribution in [0.2, 0.25) is 0 Å². The van der Waals surface area contributed by atoms with Crippen LogP contribution in [0.15, 0.2) is 18.2 Å². The van der Waals surface area contributed by atoms with E-state index in [4.69, 9.17) is 5.73 Å². The van der Waals surface area contributed by atoms with Gasteiger partial charge in [0.1, 0.15) is 0 Å². The first kappa shape index (κ1) is 12.1. The van der Waals surface area contributed by atoms with Crippen LogP contribution < -0.4 is 10.6 Å². The molecule has 1 aromatic rings. The maximum atomic E-state index is 5.71. The molecule has 2 heteroatoms. The van der Waals surface area contributed by atoms with Crippen molar-refractivity contribution in [1.82, 2.24) is 0 Å². The molecule has 2 nitrogen and oxygen atoms in total. The van der Waals surface area contributed by atoms with E-state index in [1.165, 1.54) is 16.8 Å². The van der Waals surface area contributed by atoms with Gasteiger partial charge in [-0.1, -0.05) is 25.1 Å². The SMILES string of the molecule is CCc1cccc(C)c1N(C)C(C)CN. The van der Waals surface area contributed by atoms with E-state index in [0.717, 1.165) is 6.42 Å². The molecule has 1 rings (SSSR count). The van der Waals surface area contributed by atoms with Crippen LogP contribution in [-0.2, 0) is 6.42 Å². The summed E-state index contributed by atoms with van der Waals surface area (Å²) >= 11 is 0. The topological polar surface area (TPSA) is 29.3 Å². The second-order valence-corrected chi connectivity index (χ2v) is 4.13. The van der Waals surface area contributed by atoms with E-state index in [-0.39, 0.29) is 0 Å². The number of aryl methyl sites for hydroxylation is 2. The quantitative estimate of drug-likeness (QED) is 0.819. The fraction of sp³-hybridized carbons (Fsp3) is 0.538. The highest BCUT2D eigenvalue weighted by molar-refractivity contribution is 5.59. The number of nitrogens with two attached hydrogens (primary N) is 1. The van der Waals surface area contributed by atoms with Crippen molar-refractivity contribution in [3.8, 4) is 0 Å². The smallest absolute Gasteiger partial charge is 0.0428 e. The number of hydrogen-bond acceptors (Lipinski definition) is 2. The first-order valence-corrected chi connectivity index (χ1v) is 5.63. The molecule has 0 radical (unpaired) electrons. The van der Waals surface area contributed by atoms with Crippen LogP contribution in [0.4, 0.5) is 5.69 Å². The van der Waals surface area contributed by atoms with Gasteiger partial charge < -0.3 is 10.6 Å². The Hall–Kier alpha value is -1.02. The minimum Gasteiger partial charge on any atom is -0.370 e. The van der Waals surface area contributed by atoms with Crippen LogP contribution in [0.3, 0.4) is 0 Å². The molecule has 0 amide bonds. The molecule has 0 aliphatic rings. The molecule has 0 aromatic heterocycles. The number of anilines is 1. The van der Waals surface area contributed by atoms with Crippen molar-refractivity contribution in [2.45, 2.75) is 33.2 Å². The number of para-hydroxylation sites is 1. The molecule has 2 N–H and O–H groups in total. The molecule has 0 aliphatic heterocycles. The molecular weight excluding hydrogens is 184 g/mol. The summed E-state index contributed by atoms with van der Waals surface area (Å²) in [7, 11) is 2.12. The van der Waals surface area contributed by atoms with E-state index in [2.05, 4.69) is 50.9 Å². The fourth-order valence-corrected chi connectivity index (χ4v) is 1.89. The van der Waals surface area contributed by atoms with Crippen molar-refractivity contribution < 1.29 is 0 Å². The van der Waals surface area contributed by atoms with Gasteiger partial charge >= 0.3 is 0 Å². The van der Waals surface area contributed by atoms with Crippen LogP contribution in [0.5, 0.6) is 0 Å². The summed E-state index contributed by atoms with van der Waals surface area (Å²) in [6.07, 6.45) is 1.07. The van der Waals surface area contributed by atoms with Crippen molar-refractivity contribution in [3.05, 3.63) is 29.3 Å². The van der Waals surface area contributed by atoms with Gasteiger partial charge in [-0.2, -0.15) is 0 Å². The highest BCUT2D eigenvalue weighted by Gasteiger charge is 2.13. The van der Waals surface area contributed by atoms with E-state index in [9.17, 15) is 0 Å². The minimum atomic E-state index is 0.386. The van der Waals surface area contributed by atoms with Crippen molar-refractivity contribution in [1.29, 1.82) is 0 Å². The van der Waals surface area contributed by atoms with Gasteiger partial charge in [0.15, 0.2) is 0 Å². The number of benzene rings is 1. The molecule has 0 heterocycles. The van der Waals surface area contributed by atoms with Crippen molar-refractivity contribution in [3.63, 3.8) is 0 Å². The maximum absolute atomic E-state index is 5.71. The Labute approximate surface area is 93.1 Å². The Bertz CT molecular complexity index is 320. The van der Waals surface area contributed by atoms with Gasteiger partial charge in [0.2, 0.25) is 0 Å². The third-order valence-electron chi connectivity index (χ3n) is 3.06. The standard InChI is InChI=1S/C13H22N2/c1-5-12-8-6-7-10(2)13(12)15(4)11(3)9-14/h6-8,11H,5,9,14H2,1-4H3. The third kappa shape index (κ3) is 2.51. The zero-order chi connectivity index (χ0) is 11.4. The number of rotatable bonds is 4. The molecule has 0 saturated carbocycles. The Morgan fingerprint density at radius 2 is 2.07 bits per heavy atom. The normalized spacial score (nSPS) is 12.6. The zero-order valence-electron chi connectivity index (χ0n) is 10.2. The Morgan fingerprint density at radius 3 is 2.60 bits per heavy atom. The van der Waals surface area contributed by atoms with Gasteiger partial charge in [-0.3, -0.25) is 0 Å². The molecule has 0 aliphatic carbocycles. The Kier molecular flexibility index (Phi) is 4.15. The highest BCUT2D eigenvalue weighted by Crippen LogP contribution is 2.25. The fourth-order valence-electron chi connectivity index (χ4n) is 1.89. The predicted molar refractivity (Wildman–Crippen MR) is 67.5 cm³/mol. The molecule has 15 heavy (non-hydrogen) atoms. The van der Waals surface area contributed by atoms with Crippen LogP contribution in [-0.4, -0.2) is 19.6 Å². The summed E-state index contributed by atoms with van der Waals surface area (Å²) in [5, 5.41) is 0.